The summed E-state index contributed by atoms with van der Waals surface area (Å²) in [5.41, 5.74) is 0.0196. The number of aromatic nitrogens is 1. The molecular weight excluding hydrogens is 242 g/mol. The van der Waals surface area contributed by atoms with Crippen molar-refractivity contribution in [1.82, 2.24) is 10.3 Å². The van der Waals surface area contributed by atoms with E-state index in [1.54, 1.807) is 6.92 Å². The zero-order valence-corrected chi connectivity index (χ0v) is 9.84. The van der Waals surface area contributed by atoms with Gasteiger partial charge in [-0.3, -0.25) is 9.59 Å². The van der Waals surface area contributed by atoms with Crippen LogP contribution in [-0.4, -0.2) is 32.9 Å². The minimum Gasteiger partial charge on any atom is -0.481 e. The molecule has 2 unspecified atom stereocenters. The van der Waals surface area contributed by atoms with Crippen LogP contribution >= 0.6 is 0 Å². The molecular formula is C10H13N3O5. The van der Waals surface area contributed by atoms with Gasteiger partial charge in [-0.2, -0.15) is 0 Å². The Morgan fingerprint density at radius 3 is 2.50 bits per heavy atom. The maximum absolute atomic E-state index is 11.7. The summed E-state index contributed by atoms with van der Waals surface area (Å²) in [5, 5.41) is 21.6. The van der Waals surface area contributed by atoms with Crippen molar-refractivity contribution in [2.75, 3.05) is 0 Å². The van der Waals surface area contributed by atoms with Crippen molar-refractivity contribution in [2.45, 2.75) is 19.9 Å². The normalized spacial score (nSPS) is 13.7. The van der Waals surface area contributed by atoms with E-state index in [0.29, 0.717) is 0 Å². The van der Waals surface area contributed by atoms with E-state index in [4.69, 9.17) is 5.11 Å². The lowest BCUT2D eigenvalue weighted by Gasteiger charge is -2.16. The maximum atomic E-state index is 11.7. The van der Waals surface area contributed by atoms with E-state index in [1.807, 2.05) is 0 Å². The molecule has 98 valence electrons. The topological polar surface area (TPSA) is 125 Å². The van der Waals surface area contributed by atoms with Crippen LogP contribution < -0.4 is 5.32 Å². The highest BCUT2D eigenvalue weighted by Crippen LogP contribution is 2.10. The number of hydrogen-bond acceptors (Lipinski definition) is 4. The molecule has 8 nitrogen and oxygen atoms in total. The van der Waals surface area contributed by atoms with Crippen molar-refractivity contribution >= 4 is 17.7 Å². The number of nitrogens with one attached hydrogen (secondary N) is 2. The lowest BCUT2D eigenvalue weighted by atomic mass is 10.0. The predicted octanol–water partition coefficient (Wildman–Crippen LogP) is 0.762. The molecule has 0 fully saturated rings. The molecule has 0 aliphatic rings. The Kier molecular flexibility index (Phi) is 4.03. The third-order valence-electron chi connectivity index (χ3n) is 2.61. The molecule has 1 heterocycles. The molecule has 18 heavy (non-hydrogen) atoms. The Balaban J connectivity index is 2.70. The molecule has 0 aromatic carbocycles. The van der Waals surface area contributed by atoms with Crippen LogP contribution in [0.2, 0.25) is 0 Å². The standard InChI is InChI=1S/C10H13N3O5/c1-5(10(15)16)6(2)11-9(14)7-3-4-8(12-7)13(17)18/h3-6,12H,1-2H3,(H,11,14)(H,15,16). The SMILES string of the molecule is CC(NC(=O)c1ccc([N+](=O)[O-])[nH]1)C(C)C(=O)O. The zero-order valence-electron chi connectivity index (χ0n) is 9.84. The lowest BCUT2D eigenvalue weighted by Crippen LogP contribution is -2.40. The second-order valence-electron chi connectivity index (χ2n) is 3.90. The summed E-state index contributed by atoms with van der Waals surface area (Å²) < 4.78 is 0. The van der Waals surface area contributed by atoms with Crippen LogP contribution in [0, 0.1) is 16.0 Å². The molecule has 8 heteroatoms. The zero-order chi connectivity index (χ0) is 13.9. The average molecular weight is 255 g/mol. The monoisotopic (exact) mass is 255 g/mol. The molecule has 1 amide bonds. The number of nitrogens with zero attached hydrogens (tertiary/aromatic N) is 1. The number of aromatic amines is 1. The van der Waals surface area contributed by atoms with E-state index in [2.05, 4.69) is 10.3 Å². The van der Waals surface area contributed by atoms with Crippen LogP contribution in [0.3, 0.4) is 0 Å². The van der Waals surface area contributed by atoms with Crippen LogP contribution in [-0.2, 0) is 4.79 Å². The highest BCUT2D eigenvalue weighted by atomic mass is 16.6. The lowest BCUT2D eigenvalue weighted by molar-refractivity contribution is -0.389. The third-order valence-corrected chi connectivity index (χ3v) is 2.61. The summed E-state index contributed by atoms with van der Waals surface area (Å²) in [6.07, 6.45) is 0. The number of carboxylic acids is 1. The minimum atomic E-state index is -1.03. The Labute approximate surface area is 102 Å². The quantitative estimate of drug-likeness (QED) is 0.529. The summed E-state index contributed by atoms with van der Waals surface area (Å²) >= 11 is 0. The number of rotatable bonds is 5. The van der Waals surface area contributed by atoms with Gasteiger partial charge in [-0.15, -0.1) is 0 Å². The van der Waals surface area contributed by atoms with Gasteiger partial charge in [0.15, 0.2) is 5.69 Å². The van der Waals surface area contributed by atoms with Gasteiger partial charge in [-0.25, -0.2) is 4.98 Å². The molecule has 1 rings (SSSR count). The van der Waals surface area contributed by atoms with E-state index in [-0.39, 0.29) is 11.5 Å². The number of H-pyrrole nitrogens is 1. The predicted molar refractivity (Wildman–Crippen MR) is 61.2 cm³/mol. The fourth-order valence-electron chi connectivity index (χ4n) is 1.25. The van der Waals surface area contributed by atoms with Gasteiger partial charge in [0.2, 0.25) is 0 Å². The largest absolute Gasteiger partial charge is 0.481 e. The van der Waals surface area contributed by atoms with Crippen LogP contribution in [0.15, 0.2) is 12.1 Å². The molecule has 2 atom stereocenters. The molecule has 0 aliphatic carbocycles. The van der Waals surface area contributed by atoms with Gasteiger partial charge in [-0.05, 0) is 24.8 Å². The number of hydrogen-bond donors (Lipinski definition) is 3. The van der Waals surface area contributed by atoms with Crippen LogP contribution in [0.25, 0.3) is 0 Å². The van der Waals surface area contributed by atoms with Gasteiger partial charge in [0.05, 0.1) is 5.92 Å². The highest BCUT2D eigenvalue weighted by Gasteiger charge is 2.23. The molecule has 0 spiro atoms. The van der Waals surface area contributed by atoms with Gasteiger partial charge in [-0.1, -0.05) is 0 Å². The fraction of sp³-hybridized carbons (Fsp3) is 0.400. The van der Waals surface area contributed by atoms with E-state index >= 15 is 0 Å². The molecule has 0 saturated heterocycles. The number of carbonyl (C=O) groups excluding carboxylic acids is 1. The molecule has 0 bridgehead atoms. The first kappa shape index (κ1) is 13.7. The molecule has 0 saturated carbocycles. The van der Waals surface area contributed by atoms with Gasteiger partial charge >= 0.3 is 11.8 Å². The Hall–Kier alpha value is -2.38. The van der Waals surface area contributed by atoms with Crippen molar-refractivity contribution in [3.63, 3.8) is 0 Å². The van der Waals surface area contributed by atoms with Gasteiger partial charge in [0.1, 0.15) is 0 Å². The fourth-order valence-corrected chi connectivity index (χ4v) is 1.25. The number of carboxylic acid groups (broad SMARTS) is 1. The van der Waals surface area contributed by atoms with Crippen molar-refractivity contribution in [1.29, 1.82) is 0 Å². The first-order valence-electron chi connectivity index (χ1n) is 5.20. The average Bonchev–Trinajstić information content (AvgIpc) is 2.76. The van der Waals surface area contributed by atoms with E-state index in [9.17, 15) is 19.7 Å². The third kappa shape index (κ3) is 3.06. The first-order chi connectivity index (χ1) is 8.32. The first-order valence-corrected chi connectivity index (χ1v) is 5.20. The summed E-state index contributed by atoms with van der Waals surface area (Å²) in [5.74, 6) is -2.65. The summed E-state index contributed by atoms with van der Waals surface area (Å²) in [6, 6.07) is 1.85. The highest BCUT2D eigenvalue weighted by molar-refractivity contribution is 5.93. The Morgan fingerprint density at radius 1 is 1.44 bits per heavy atom. The smallest absolute Gasteiger partial charge is 0.321 e. The summed E-state index contributed by atoms with van der Waals surface area (Å²) in [4.78, 5) is 34.5. The number of amides is 1. The van der Waals surface area contributed by atoms with Gasteiger partial charge in [0.25, 0.3) is 5.91 Å². The molecule has 1 aromatic heterocycles. The molecule has 1 aromatic rings. The van der Waals surface area contributed by atoms with Crippen molar-refractivity contribution < 1.29 is 19.6 Å². The van der Waals surface area contributed by atoms with Crippen molar-refractivity contribution in [2.24, 2.45) is 5.92 Å². The molecule has 0 radical (unpaired) electrons. The summed E-state index contributed by atoms with van der Waals surface area (Å²) in [7, 11) is 0. The number of aliphatic carboxylic acids is 1. The maximum Gasteiger partial charge on any atom is 0.321 e. The number of carbonyl (C=O) groups is 2. The summed E-state index contributed by atoms with van der Waals surface area (Å²) in [6.45, 7) is 3.01. The van der Waals surface area contributed by atoms with Crippen LogP contribution in [0.4, 0.5) is 5.82 Å². The second kappa shape index (κ2) is 5.30. The Bertz CT molecular complexity index is 482. The number of nitro groups is 1. The van der Waals surface area contributed by atoms with E-state index in [0.717, 1.165) is 0 Å². The van der Waals surface area contributed by atoms with Gasteiger partial charge < -0.3 is 20.5 Å². The molecule has 0 aliphatic heterocycles. The van der Waals surface area contributed by atoms with Crippen molar-refractivity contribution in [3.8, 4) is 0 Å². The Morgan fingerprint density at radius 2 is 2.06 bits per heavy atom. The molecule has 3 N–H and O–H groups in total. The van der Waals surface area contributed by atoms with Gasteiger partial charge in [0, 0.05) is 12.1 Å². The minimum absolute atomic E-state index is 0.0196. The van der Waals surface area contributed by atoms with E-state index in [1.165, 1.54) is 19.1 Å². The van der Waals surface area contributed by atoms with E-state index < -0.39 is 28.8 Å². The van der Waals surface area contributed by atoms with Crippen molar-refractivity contribution in [3.05, 3.63) is 27.9 Å². The second-order valence-corrected chi connectivity index (χ2v) is 3.90. The van der Waals surface area contributed by atoms with Crippen LogP contribution in [0.1, 0.15) is 24.3 Å². The van der Waals surface area contributed by atoms with Crippen LogP contribution in [0.5, 0.6) is 0 Å².